The van der Waals surface area contributed by atoms with Gasteiger partial charge in [0.2, 0.25) is 0 Å². The van der Waals surface area contributed by atoms with Crippen LogP contribution in [0.2, 0.25) is 0 Å². The van der Waals surface area contributed by atoms with E-state index in [1.807, 2.05) is 0 Å². The number of nitrogens with one attached hydrogen (secondary N) is 3. The highest BCUT2D eigenvalue weighted by Gasteiger charge is 2.26. The second kappa shape index (κ2) is 5.71. The largest absolute Gasteiger partial charge is 0.369 e. The molecular weight excluding hydrogens is 242 g/mol. The van der Waals surface area contributed by atoms with E-state index in [2.05, 4.69) is 25.5 Å². The molecule has 1 aromatic rings. The van der Waals surface area contributed by atoms with E-state index < -0.39 is 0 Å². The van der Waals surface area contributed by atoms with Gasteiger partial charge in [-0.15, -0.1) is 0 Å². The van der Waals surface area contributed by atoms with Gasteiger partial charge in [-0.1, -0.05) is 0 Å². The molecule has 2 heterocycles. The number of aromatic nitrogens is 2. The summed E-state index contributed by atoms with van der Waals surface area (Å²) in [4.78, 5) is 21.3. The predicted octanol–water partition coefficient (Wildman–Crippen LogP) is -0.0356. The van der Waals surface area contributed by atoms with E-state index in [1.54, 1.807) is 6.07 Å². The van der Waals surface area contributed by atoms with Gasteiger partial charge in [-0.25, -0.2) is 4.98 Å². The molecule has 3 N–H and O–H groups in total. The van der Waals surface area contributed by atoms with Crippen LogP contribution in [0.5, 0.6) is 0 Å². The first-order chi connectivity index (χ1) is 9.31. The van der Waals surface area contributed by atoms with Gasteiger partial charge in [-0.3, -0.25) is 9.69 Å². The minimum Gasteiger partial charge on any atom is -0.369 e. The van der Waals surface area contributed by atoms with Crippen molar-refractivity contribution in [2.75, 3.05) is 44.6 Å². The molecule has 6 heteroatoms. The molecule has 1 aliphatic carbocycles. The fourth-order valence-corrected chi connectivity index (χ4v) is 2.39. The zero-order valence-corrected chi connectivity index (χ0v) is 11.1. The van der Waals surface area contributed by atoms with Crippen molar-refractivity contribution in [2.24, 2.45) is 0 Å². The van der Waals surface area contributed by atoms with Crippen molar-refractivity contribution in [3.63, 3.8) is 0 Å². The zero-order chi connectivity index (χ0) is 13.1. The molecule has 0 amide bonds. The van der Waals surface area contributed by atoms with Crippen LogP contribution in [0.25, 0.3) is 0 Å². The third-order valence-electron chi connectivity index (χ3n) is 3.67. The van der Waals surface area contributed by atoms with E-state index >= 15 is 0 Å². The summed E-state index contributed by atoms with van der Waals surface area (Å²) < 4.78 is 0. The van der Waals surface area contributed by atoms with Crippen LogP contribution in [0, 0.1) is 0 Å². The van der Waals surface area contributed by atoms with Crippen LogP contribution in [0.3, 0.4) is 0 Å². The SMILES string of the molecule is O=c1cc(NCCN2CCNCC2)nc(C2CC2)[nH]1. The topological polar surface area (TPSA) is 73.1 Å². The third kappa shape index (κ3) is 3.54. The van der Waals surface area contributed by atoms with Gasteiger partial charge in [-0.05, 0) is 12.8 Å². The molecule has 0 radical (unpaired) electrons. The highest BCUT2D eigenvalue weighted by Crippen LogP contribution is 2.37. The van der Waals surface area contributed by atoms with E-state index in [4.69, 9.17) is 0 Å². The number of rotatable bonds is 5. The van der Waals surface area contributed by atoms with Crippen LogP contribution in [0.1, 0.15) is 24.6 Å². The normalized spacial score (nSPS) is 20.4. The summed E-state index contributed by atoms with van der Waals surface area (Å²) in [5, 5.41) is 6.60. The fourth-order valence-electron chi connectivity index (χ4n) is 2.39. The summed E-state index contributed by atoms with van der Waals surface area (Å²) in [6, 6.07) is 1.55. The van der Waals surface area contributed by atoms with Crippen molar-refractivity contribution >= 4 is 5.82 Å². The van der Waals surface area contributed by atoms with Crippen LogP contribution in [0.15, 0.2) is 10.9 Å². The molecule has 0 atom stereocenters. The average Bonchev–Trinajstić information content (AvgIpc) is 3.24. The number of aromatic amines is 1. The van der Waals surface area contributed by atoms with Crippen LogP contribution < -0.4 is 16.2 Å². The Kier molecular flexibility index (Phi) is 3.79. The number of piperazine rings is 1. The van der Waals surface area contributed by atoms with Crippen molar-refractivity contribution in [2.45, 2.75) is 18.8 Å². The molecule has 0 unspecified atom stereocenters. The average molecular weight is 263 g/mol. The predicted molar refractivity (Wildman–Crippen MR) is 74.6 cm³/mol. The summed E-state index contributed by atoms with van der Waals surface area (Å²) in [5.74, 6) is 2.03. The van der Waals surface area contributed by atoms with Crippen LogP contribution in [-0.4, -0.2) is 54.1 Å². The summed E-state index contributed by atoms with van der Waals surface area (Å²) in [5.41, 5.74) is -0.0541. The lowest BCUT2D eigenvalue weighted by Gasteiger charge is -2.27. The summed E-state index contributed by atoms with van der Waals surface area (Å²) >= 11 is 0. The Bertz CT molecular complexity index is 476. The molecule has 0 aromatic carbocycles. The van der Waals surface area contributed by atoms with Crippen molar-refractivity contribution < 1.29 is 0 Å². The maximum atomic E-state index is 11.6. The second-order valence-electron chi connectivity index (χ2n) is 5.31. The molecule has 19 heavy (non-hydrogen) atoms. The van der Waals surface area contributed by atoms with Crippen LogP contribution >= 0.6 is 0 Å². The molecule has 104 valence electrons. The summed E-state index contributed by atoms with van der Waals surface area (Å²) in [6.07, 6.45) is 2.29. The molecule has 1 aliphatic heterocycles. The number of nitrogens with zero attached hydrogens (tertiary/aromatic N) is 2. The Labute approximate surface area is 112 Å². The van der Waals surface area contributed by atoms with E-state index in [-0.39, 0.29) is 5.56 Å². The van der Waals surface area contributed by atoms with Gasteiger partial charge in [0.05, 0.1) is 0 Å². The molecule has 1 aromatic heterocycles. The molecule has 1 saturated carbocycles. The zero-order valence-electron chi connectivity index (χ0n) is 11.1. The highest BCUT2D eigenvalue weighted by molar-refractivity contribution is 5.33. The number of hydrogen-bond acceptors (Lipinski definition) is 5. The Morgan fingerprint density at radius 1 is 1.37 bits per heavy atom. The minimum atomic E-state index is -0.0541. The molecule has 2 aliphatic rings. The quantitative estimate of drug-likeness (QED) is 0.695. The number of anilines is 1. The summed E-state index contributed by atoms with van der Waals surface area (Å²) in [7, 11) is 0. The van der Waals surface area contributed by atoms with Gasteiger partial charge in [0.15, 0.2) is 0 Å². The first-order valence-electron chi connectivity index (χ1n) is 7.09. The summed E-state index contributed by atoms with van der Waals surface area (Å²) in [6.45, 7) is 6.15. The minimum absolute atomic E-state index is 0.0541. The van der Waals surface area contributed by atoms with Gasteiger partial charge in [0, 0.05) is 51.3 Å². The van der Waals surface area contributed by atoms with Gasteiger partial charge < -0.3 is 15.6 Å². The number of H-pyrrole nitrogens is 1. The van der Waals surface area contributed by atoms with Crippen molar-refractivity contribution in [1.29, 1.82) is 0 Å². The molecule has 6 nitrogen and oxygen atoms in total. The Balaban J connectivity index is 1.52. The smallest absolute Gasteiger partial charge is 0.252 e. The lowest BCUT2D eigenvalue weighted by atomic mass is 10.3. The molecule has 1 saturated heterocycles. The highest BCUT2D eigenvalue weighted by atomic mass is 16.1. The van der Waals surface area contributed by atoms with Crippen LogP contribution in [-0.2, 0) is 0 Å². The first kappa shape index (κ1) is 12.6. The monoisotopic (exact) mass is 263 g/mol. The second-order valence-corrected chi connectivity index (χ2v) is 5.31. The van der Waals surface area contributed by atoms with Gasteiger partial charge >= 0.3 is 0 Å². The molecule has 2 fully saturated rings. The van der Waals surface area contributed by atoms with Crippen molar-refractivity contribution in [1.82, 2.24) is 20.2 Å². The van der Waals surface area contributed by atoms with Crippen molar-refractivity contribution in [3.05, 3.63) is 22.2 Å². The molecular formula is C13H21N5O. The van der Waals surface area contributed by atoms with E-state index in [0.717, 1.165) is 57.9 Å². The van der Waals surface area contributed by atoms with E-state index in [0.29, 0.717) is 11.7 Å². The Hall–Kier alpha value is -1.40. The van der Waals surface area contributed by atoms with Gasteiger partial charge in [0.25, 0.3) is 5.56 Å². The fraction of sp³-hybridized carbons (Fsp3) is 0.692. The lowest BCUT2D eigenvalue weighted by Crippen LogP contribution is -2.45. The molecule has 3 rings (SSSR count). The Morgan fingerprint density at radius 2 is 2.16 bits per heavy atom. The van der Waals surface area contributed by atoms with Gasteiger partial charge in [-0.2, -0.15) is 0 Å². The standard InChI is InChI=1S/C13H21N5O/c19-12-9-11(16-13(17-12)10-1-2-10)15-5-8-18-6-3-14-4-7-18/h9-10,14H,1-8H2,(H2,15,16,17,19). The van der Waals surface area contributed by atoms with Crippen LogP contribution in [0.4, 0.5) is 5.82 Å². The third-order valence-corrected chi connectivity index (χ3v) is 3.67. The van der Waals surface area contributed by atoms with E-state index in [1.165, 1.54) is 0 Å². The maximum Gasteiger partial charge on any atom is 0.252 e. The number of hydrogen-bond donors (Lipinski definition) is 3. The van der Waals surface area contributed by atoms with E-state index in [9.17, 15) is 4.79 Å². The van der Waals surface area contributed by atoms with Gasteiger partial charge in [0.1, 0.15) is 11.6 Å². The first-order valence-corrected chi connectivity index (χ1v) is 7.09. The van der Waals surface area contributed by atoms with Crippen molar-refractivity contribution in [3.8, 4) is 0 Å². The molecule has 0 spiro atoms. The lowest BCUT2D eigenvalue weighted by molar-refractivity contribution is 0.249. The Morgan fingerprint density at radius 3 is 2.89 bits per heavy atom. The maximum absolute atomic E-state index is 11.6. The molecule has 0 bridgehead atoms.